The molecule has 164 valence electrons. The van der Waals surface area contributed by atoms with Crippen LogP contribution in [-0.4, -0.2) is 26.6 Å². The Labute approximate surface area is 189 Å². The zero-order valence-electron chi connectivity index (χ0n) is 18.1. The number of halogens is 2. The summed E-state index contributed by atoms with van der Waals surface area (Å²) in [6.07, 6.45) is 1.32. The molecular weight excluding hydrogens is 443 g/mol. The minimum Gasteiger partial charge on any atom is -0.348 e. The molecule has 0 aromatic heterocycles. The van der Waals surface area contributed by atoms with Gasteiger partial charge in [-0.3, -0.25) is 9.10 Å². The van der Waals surface area contributed by atoms with Crippen molar-refractivity contribution in [2.45, 2.75) is 53.1 Å². The predicted molar refractivity (Wildman–Crippen MR) is 125 cm³/mol. The number of rotatable bonds is 7. The van der Waals surface area contributed by atoms with Gasteiger partial charge in [0.15, 0.2) is 0 Å². The smallest absolute Gasteiger partial charge is 0.244 e. The molecule has 5 nitrogen and oxygen atoms in total. The standard InChI is InChI=1S/C22H28Cl2N2O3S/c1-7-20(26(30(6,28)29)21-12-17(23)8-9-19(21)24)22(27)25-16(5)18-11-14(3)13(2)10-15(18)4/h8-12,16,20H,7H2,1-6H3,(H,25,27)/t16-,20+/m0/s1. The van der Waals surface area contributed by atoms with Gasteiger partial charge < -0.3 is 5.32 Å². The van der Waals surface area contributed by atoms with Gasteiger partial charge in [-0.2, -0.15) is 0 Å². The maximum absolute atomic E-state index is 13.2. The molecule has 2 aromatic rings. The van der Waals surface area contributed by atoms with Crippen LogP contribution >= 0.6 is 23.2 Å². The summed E-state index contributed by atoms with van der Waals surface area (Å²) >= 11 is 12.3. The number of hydrogen-bond donors (Lipinski definition) is 1. The number of sulfonamides is 1. The summed E-state index contributed by atoms with van der Waals surface area (Å²) < 4.78 is 26.3. The Morgan fingerprint density at radius 1 is 1.07 bits per heavy atom. The first-order valence-electron chi connectivity index (χ1n) is 9.69. The number of benzene rings is 2. The quantitative estimate of drug-likeness (QED) is 0.593. The first-order valence-corrected chi connectivity index (χ1v) is 12.3. The summed E-state index contributed by atoms with van der Waals surface area (Å²) in [6, 6.07) is 7.42. The van der Waals surface area contributed by atoms with Gasteiger partial charge in [-0.15, -0.1) is 0 Å². The number of carbonyl (C=O) groups excluding carboxylic acids is 1. The van der Waals surface area contributed by atoms with E-state index in [0.29, 0.717) is 5.02 Å². The van der Waals surface area contributed by atoms with E-state index >= 15 is 0 Å². The Bertz CT molecular complexity index is 1050. The lowest BCUT2D eigenvalue weighted by Crippen LogP contribution is -2.50. The van der Waals surface area contributed by atoms with Crippen LogP contribution in [0.15, 0.2) is 30.3 Å². The topological polar surface area (TPSA) is 66.5 Å². The molecule has 0 saturated carbocycles. The molecular formula is C22H28Cl2N2O3S. The number of amides is 1. The number of aryl methyl sites for hydroxylation is 3. The summed E-state index contributed by atoms with van der Waals surface area (Å²) in [4.78, 5) is 13.2. The van der Waals surface area contributed by atoms with Crippen molar-refractivity contribution in [3.63, 3.8) is 0 Å². The lowest BCUT2D eigenvalue weighted by molar-refractivity contribution is -0.122. The molecule has 0 aliphatic rings. The molecule has 0 bridgehead atoms. The summed E-state index contributed by atoms with van der Waals surface area (Å²) in [5.74, 6) is -0.399. The van der Waals surface area contributed by atoms with Crippen LogP contribution in [0.5, 0.6) is 0 Å². The fourth-order valence-corrected chi connectivity index (χ4v) is 5.17. The molecule has 1 amide bonds. The van der Waals surface area contributed by atoms with Crippen molar-refractivity contribution < 1.29 is 13.2 Å². The fourth-order valence-electron chi connectivity index (χ4n) is 3.53. The SMILES string of the molecule is CC[C@H](C(=O)N[C@@H](C)c1cc(C)c(C)cc1C)N(c1cc(Cl)ccc1Cl)S(C)(=O)=O. The third-order valence-corrected chi connectivity index (χ3v) is 6.90. The van der Waals surface area contributed by atoms with Crippen LogP contribution in [0, 0.1) is 20.8 Å². The number of anilines is 1. The average Bonchev–Trinajstić information content (AvgIpc) is 2.63. The van der Waals surface area contributed by atoms with Crippen LogP contribution < -0.4 is 9.62 Å². The highest BCUT2D eigenvalue weighted by Crippen LogP contribution is 2.33. The van der Waals surface area contributed by atoms with Crippen LogP contribution in [0.2, 0.25) is 10.0 Å². The number of nitrogens with one attached hydrogen (secondary N) is 1. The molecule has 0 heterocycles. The van der Waals surface area contributed by atoms with Gasteiger partial charge in [0.2, 0.25) is 15.9 Å². The Morgan fingerprint density at radius 3 is 2.23 bits per heavy atom. The number of carbonyl (C=O) groups is 1. The zero-order valence-corrected chi connectivity index (χ0v) is 20.4. The minimum absolute atomic E-state index is 0.184. The van der Waals surface area contributed by atoms with E-state index in [4.69, 9.17) is 23.2 Å². The van der Waals surface area contributed by atoms with Crippen LogP contribution in [0.25, 0.3) is 0 Å². The maximum atomic E-state index is 13.2. The van der Waals surface area contributed by atoms with E-state index in [1.807, 2.05) is 27.7 Å². The molecule has 30 heavy (non-hydrogen) atoms. The second-order valence-electron chi connectivity index (χ2n) is 7.60. The van der Waals surface area contributed by atoms with Gasteiger partial charge in [-0.1, -0.05) is 42.3 Å². The monoisotopic (exact) mass is 470 g/mol. The first kappa shape index (κ1) is 24.5. The van der Waals surface area contributed by atoms with Crippen LogP contribution in [0.4, 0.5) is 5.69 Å². The van der Waals surface area contributed by atoms with Gasteiger partial charge in [0.1, 0.15) is 6.04 Å². The molecule has 0 saturated heterocycles. The number of hydrogen-bond acceptors (Lipinski definition) is 3. The van der Waals surface area contributed by atoms with E-state index in [-0.39, 0.29) is 23.2 Å². The average molecular weight is 471 g/mol. The normalized spacial score (nSPS) is 13.6. The summed E-state index contributed by atoms with van der Waals surface area (Å²) in [6.45, 7) is 9.71. The van der Waals surface area contributed by atoms with E-state index < -0.39 is 22.0 Å². The summed E-state index contributed by atoms with van der Waals surface area (Å²) in [5, 5.41) is 3.50. The largest absolute Gasteiger partial charge is 0.348 e. The Morgan fingerprint density at radius 2 is 1.67 bits per heavy atom. The van der Waals surface area contributed by atoms with E-state index in [1.54, 1.807) is 13.0 Å². The maximum Gasteiger partial charge on any atom is 0.244 e. The third kappa shape index (κ3) is 5.48. The van der Waals surface area contributed by atoms with Crippen molar-refractivity contribution in [1.29, 1.82) is 0 Å². The molecule has 2 atom stereocenters. The van der Waals surface area contributed by atoms with Gasteiger partial charge in [-0.25, -0.2) is 8.42 Å². The fraction of sp³-hybridized carbons (Fsp3) is 0.409. The van der Waals surface area contributed by atoms with Gasteiger partial charge >= 0.3 is 0 Å². The van der Waals surface area contributed by atoms with Crippen LogP contribution in [-0.2, 0) is 14.8 Å². The van der Waals surface area contributed by atoms with Gasteiger partial charge in [0, 0.05) is 5.02 Å². The lowest BCUT2D eigenvalue weighted by Gasteiger charge is -2.32. The molecule has 0 aliphatic carbocycles. The highest BCUT2D eigenvalue weighted by molar-refractivity contribution is 7.92. The van der Waals surface area contributed by atoms with E-state index in [1.165, 1.54) is 17.7 Å². The lowest BCUT2D eigenvalue weighted by atomic mass is 9.96. The van der Waals surface area contributed by atoms with Crippen molar-refractivity contribution in [3.05, 3.63) is 62.6 Å². The van der Waals surface area contributed by atoms with E-state index in [2.05, 4.69) is 17.4 Å². The van der Waals surface area contributed by atoms with Crippen LogP contribution in [0.1, 0.15) is 48.6 Å². The summed E-state index contributed by atoms with van der Waals surface area (Å²) in [5.41, 5.74) is 4.56. The molecule has 0 unspecified atom stereocenters. The molecule has 0 radical (unpaired) electrons. The minimum atomic E-state index is -3.81. The predicted octanol–water partition coefficient (Wildman–Crippen LogP) is 5.34. The van der Waals surface area contributed by atoms with E-state index in [9.17, 15) is 13.2 Å². The van der Waals surface area contributed by atoms with Crippen molar-refractivity contribution in [1.82, 2.24) is 5.32 Å². The summed E-state index contributed by atoms with van der Waals surface area (Å²) in [7, 11) is -3.81. The Kier molecular flexibility index (Phi) is 7.83. The first-order chi connectivity index (χ1) is 13.9. The van der Waals surface area contributed by atoms with Crippen molar-refractivity contribution in [2.24, 2.45) is 0 Å². The van der Waals surface area contributed by atoms with Gasteiger partial charge in [0.25, 0.3) is 0 Å². The van der Waals surface area contributed by atoms with Gasteiger partial charge in [-0.05, 0) is 74.6 Å². The molecule has 2 aromatic carbocycles. The Hall–Kier alpha value is -1.76. The van der Waals surface area contributed by atoms with Gasteiger partial charge in [0.05, 0.1) is 23.0 Å². The van der Waals surface area contributed by atoms with Crippen molar-refractivity contribution >= 4 is 44.8 Å². The highest BCUT2D eigenvalue weighted by atomic mass is 35.5. The molecule has 2 rings (SSSR count). The van der Waals surface area contributed by atoms with Crippen LogP contribution in [0.3, 0.4) is 0 Å². The van der Waals surface area contributed by atoms with Crippen molar-refractivity contribution in [3.8, 4) is 0 Å². The number of nitrogens with zero attached hydrogens (tertiary/aromatic N) is 1. The molecule has 0 aliphatic heterocycles. The second kappa shape index (κ2) is 9.58. The third-order valence-electron chi connectivity index (χ3n) is 5.18. The highest BCUT2D eigenvalue weighted by Gasteiger charge is 2.33. The zero-order chi connectivity index (χ0) is 22.8. The molecule has 8 heteroatoms. The molecule has 0 spiro atoms. The Balaban J connectivity index is 2.41. The molecule has 1 N–H and O–H groups in total. The second-order valence-corrected chi connectivity index (χ2v) is 10.3. The van der Waals surface area contributed by atoms with E-state index in [0.717, 1.165) is 27.3 Å². The van der Waals surface area contributed by atoms with Crippen molar-refractivity contribution in [2.75, 3.05) is 10.6 Å². The molecule has 0 fully saturated rings.